The highest BCUT2D eigenvalue weighted by Crippen LogP contribution is 2.38. The number of fused-ring (bicyclic) bond motifs is 1. The normalized spacial score (nSPS) is 11.9. The van der Waals surface area contributed by atoms with Gasteiger partial charge >= 0.3 is 12.1 Å². The Hall–Kier alpha value is -2.50. The first-order chi connectivity index (χ1) is 15.5. The van der Waals surface area contributed by atoms with E-state index in [2.05, 4.69) is 9.97 Å². The van der Waals surface area contributed by atoms with E-state index >= 15 is 0 Å². The Labute approximate surface area is 198 Å². The summed E-state index contributed by atoms with van der Waals surface area (Å²) < 4.78 is 53.3. The van der Waals surface area contributed by atoms with Crippen molar-refractivity contribution in [3.63, 3.8) is 0 Å². The number of aryl methyl sites for hydroxylation is 2. The van der Waals surface area contributed by atoms with Gasteiger partial charge in [0.25, 0.3) is 0 Å². The van der Waals surface area contributed by atoms with Crippen LogP contribution in [0.4, 0.5) is 17.6 Å². The van der Waals surface area contributed by atoms with Gasteiger partial charge in [0, 0.05) is 21.1 Å². The summed E-state index contributed by atoms with van der Waals surface area (Å²) in [5.41, 5.74) is 1.51. The Morgan fingerprint density at radius 2 is 1.88 bits per heavy atom. The minimum absolute atomic E-state index is 0.117. The fourth-order valence-electron chi connectivity index (χ4n) is 3.17. The number of thiazole rings is 2. The van der Waals surface area contributed by atoms with Crippen LogP contribution in [-0.2, 0) is 23.1 Å². The fourth-order valence-corrected chi connectivity index (χ4v) is 6.45. The van der Waals surface area contributed by atoms with Crippen LogP contribution in [0.25, 0.3) is 20.8 Å². The monoisotopic (exact) mass is 512 g/mol. The van der Waals surface area contributed by atoms with Crippen LogP contribution in [0.2, 0.25) is 0 Å². The van der Waals surface area contributed by atoms with Gasteiger partial charge in [-0.15, -0.1) is 34.4 Å². The lowest BCUT2D eigenvalue weighted by atomic mass is 10.1. The molecule has 33 heavy (non-hydrogen) atoms. The highest BCUT2D eigenvalue weighted by Gasteiger charge is 2.34. The molecule has 0 bridgehead atoms. The van der Waals surface area contributed by atoms with E-state index in [1.165, 1.54) is 28.7 Å². The summed E-state index contributed by atoms with van der Waals surface area (Å²) in [6.45, 7) is 3.78. The van der Waals surface area contributed by atoms with Gasteiger partial charge in [0.1, 0.15) is 15.8 Å². The van der Waals surface area contributed by atoms with Crippen LogP contribution >= 0.6 is 34.4 Å². The number of aliphatic carboxylic acids is 1. The lowest BCUT2D eigenvalue weighted by Crippen LogP contribution is -2.07. The highest BCUT2D eigenvalue weighted by molar-refractivity contribution is 7.98. The summed E-state index contributed by atoms with van der Waals surface area (Å²) in [5, 5.41) is 9.98. The number of nitrogens with zero attached hydrogens (tertiary/aromatic N) is 2. The number of rotatable bonds is 6. The van der Waals surface area contributed by atoms with Gasteiger partial charge in [-0.05, 0) is 43.7 Å². The van der Waals surface area contributed by atoms with Crippen molar-refractivity contribution in [3.05, 3.63) is 62.9 Å². The SMILES string of the molecule is Cc1cc2sc(CC(=O)O)nc2cc1SCc1sc(-c2ccc(C(F)(F)F)c(F)c2)nc1C. The molecule has 0 saturated carbocycles. The molecule has 0 radical (unpaired) electrons. The Morgan fingerprint density at radius 1 is 1.12 bits per heavy atom. The van der Waals surface area contributed by atoms with E-state index in [1.54, 1.807) is 11.8 Å². The van der Waals surface area contributed by atoms with Crippen LogP contribution in [0.5, 0.6) is 0 Å². The van der Waals surface area contributed by atoms with E-state index in [0.717, 1.165) is 43.4 Å². The first kappa shape index (κ1) is 23.7. The summed E-state index contributed by atoms with van der Waals surface area (Å²) in [7, 11) is 0. The number of halogens is 4. The third-order valence-corrected chi connectivity index (χ3v) is 8.40. The molecule has 2 aromatic carbocycles. The van der Waals surface area contributed by atoms with Crippen molar-refractivity contribution in [1.29, 1.82) is 0 Å². The standard InChI is InChI=1S/C22H16F4N2O2S3/c1-10-5-17-15(28-19(32-17)8-20(29)30)7-16(10)31-9-18-11(2)27-21(33-18)12-3-4-13(14(23)6-12)22(24,25)26/h3-7H,8-9H2,1-2H3,(H,29,30). The maximum absolute atomic E-state index is 14.0. The molecule has 0 aliphatic heterocycles. The number of hydrogen-bond donors (Lipinski definition) is 1. The van der Waals surface area contributed by atoms with Crippen molar-refractivity contribution in [3.8, 4) is 10.6 Å². The van der Waals surface area contributed by atoms with Gasteiger partial charge in [-0.3, -0.25) is 4.79 Å². The summed E-state index contributed by atoms with van der Waals surface area (Å²) in [4.78, 5) is 21.7. The second-order valence-electron chi connectivity index (χ2n) is 7.27. The topological polar surface area (TPSA) is 63.1 Å². The lowest BCUT2D eigenvalue weighted by molar-refractivity contribution is -0.140. The summed E-state index contributed by atoms with van der Waals surface area (Å²) in [6.07, 6.45) is -4.86. The van der Waals surface area contributed by atoms with Crippen LogP contribution in [0.1, 0.15) is 26.7 Å². The molecule has 0 spiro atoms. The van der Waals surface area contributed by atoms with E-state index < -0.39 is 23.5 Å². The molecule has 2 aromatic heterocycles. The van der Waals surface area contributed by atoms with E-state index in [0.29, 0.717) is 21.3 Å². The van der Waals surface area contributed by atoms with Gasteiger partial charge in [0.05, 0.1) is 27.9 Å². The number of thioether (sulfide) groups is 1. The van der Waals surface area contributed by atoms with Crippen molar-refractivity contribution in [1.82, 2.24) is 9.97 Å². The number of aromatic nitrogens is 2. The molecule has 11 heteroatoms. The van der Waals surface area contributed by atoms with E-state index in [4.69, 9.17) is 5.11 Å². The fraction of sp³-hybridized carbons (Fsp3) is 0.227. The average Bonchev–Trinajstić information content (AvgIpc) is 3.26. The zero-order valence-electron chi connectivity index (χ0n) is 17.3. The van der Waals surface area contributed by atoms with Crippen molar-refractivity contribution in [2.45, 2.75) is 37.1 Å². The van der Waals surface area contributed by atoms with Gasteiger partial charge in [-0.25, -0.2) is 14.4 Å². The second kappa shape index (κ2) is 9.03. The van der Waals surface area contributed by atoms with E-state index in [-0.39, 0.29) is 6.42 Å². The molecule has 0 fully saturated rings. The number of carbonyl (C=O) groups is 1. The molecule has 0 unspecified atom stereocenters. The maximum atomic E-state index is 14.0. The molecular formula is C22H16F4N2O2S3. The van der Waals surface area contributed by atoms with Gasteiger partial charge in [-0.2, -0.15) is 13.2 Å². The van der Waals surface area contributed by atoms with Gasteiger partial charge in [0.15, 0.2) is 0 Å². The van der Waals surface area contributed by atoms with Gasteiger partial charge < -0.3 is 5.11 Å². The molecule has 0 aliphatic rings. The number of alkyl halides is 3. The molecule has 0 saturated heterocycles. The summed E-state index contributed by atoms with van der Waals surface area (Å²) in [6, 6.07) is 6.75. The van der Waals surface area contributed by atoms with Crippen molar-refractivity contribution in [2.24, 2.45) is 0 Å². The third kappa shape index (κ3) is 5.20. The first-order valence-electron chi connectivity index (χ1n) is 9.59. The highest BCUT2D eigenvalue weighted by atomic mass is 32.2. The Balaban J connectivity index is 1.54. The zero-order chi connectivity index (χ0) is 23.9. The zero-order valence-corrected chi connectivity index (χ0v) is 19.7. The molecule has 4 nitrogen and oxygen atoms in total. The molecular weight excluding hydrogens is 496 g/mol. The van der Waals surface area contributed by atoms with Crippen LogP contribution in [0.3, 0.4) is 0 Å². The van der Waals surface area contributed by atoms with Gasteiger partial charge in [-0.1, -0.05) is 6.07 Å². The second-order valence-corrected chi connectivity index (χ2v) is 10.5. The molecule has 0 aliphatic carbocycles. The summed E-state index contributed by atoms with van der Waals surface area (Å²) in [5.74, 6) is -1.67. The number of benzene rings is 2. The van der Waals surface area contributed by atoms with Crippen molar-refractivity contribution < 1.29 is 27.5 Å². The predicted molar refractivity (Wildman–Crippen MR) is 123 cm³/mol. The number of carboxylic acids is 1. The van der Waals surface area contributed by atoms with Crippen LogP contribution < -0.4 is 0 Å². The van der Waals surface area contributed by atoms with Crippen molar-refractivity contribution >= 4 is 50.6 Å². The predicted octanol–water partition coefficient (Wildman–Crippen LogP) is 7.11. The smallest absolute Gasteiger partial charge is 0.419 e. The molecule has 2 heterocycles. The Morgan fingerprint density at radius 3 is 2.55 bits per heavy atom. The molecule has 172 valence electrons. The van der Waals surface area contributed by atoms with Gasteiger partial charge in [0.2, 0.25) is 0 Å². The summed E-state index contributed by atoms with van der Waals surface area (Å²) >= 11 is 4.24. The third-order valence-electron chi connectivity index (χ3n) is 4.80. The van der Waals surface area contributed by atoms with Crippen LogP contribution in [-0.4, -0.2) is 21.0 Å². The quantitative estimate of drug-likeness (QED) is 0.220. The average molecular weight is 513 g/mol. The molecule has 0 amide bonds. The lowest BCUT2D eigenvalue weighted by Gasteiger charge is -2.08. The molecule has 4 aromatic rings. The minimum Gasteiger partial charge on any atom is -0.481 e. The Kier molecular flexibility index (Phi) is 6.47. The Bertz CT molecular complexity index is 1360. The number of carboxylic acid groups (broad SMARTS) is 1. The molecule has 1 N–H and O–H groups in total. The van der Waals surface area contributed by atoms with E-state index in [1.807, 2.05) is 26.0 Å². The first-order valence-corrected chi connectivity index (χ1v) is 12.2. The number of hydrogen-bond acceptors (Lipinski definition) is 6. The minimum atomic E-state index is -4.74. The van der Waals surface area contributed by atoms with Crippen molar-refractivity contribution in [2.75, 3.05) is 0 Å². The molecule has 4 rings (SSSR count). The molecule has 0 atom stereocenters. The van der Waals surface area contributed by atoms with E-state index in [9.17, 15) is 22.4 Å². The van der Waals surface area contributed by atoms with Crippen LogP contribution in [0, 0.1) is 19.7 Å². The van der Waals surface area contributed by atoms with Crippen LogP contribution in [0.15, 0.2) is 35.2 Å². The maximum Gasteiger partial charge on any atom is 0.419 e. The largest absolute Gasteiger partial charge is 0.481 e.